The average Bonchev–Trinajstić information content (AvgIpc) is 2.08. The highest BCUT2D eigenvalue weighted by Crippen LogP contribution is 1.60. The second-order valence-corrected chi connectivity index (χ2v) is 5.41. The molecule has 0 aromatic rings. The van der Waals surface area contributed by atoms with Crippen molar-refractivity contribution in [2.24, 2.45) is 0 Å². The molecule has 0 saturated heterocycles. The molecule has 0 unspecified atom stereocenters. The van der Waals surface area contributed by atoms with Gasteiger partial charge in [-0.2, -0.15) is 0 Å². The molecule has 0 radical (unpaired) electrons. The van der Waals surface area contributed by atoms with E-state index in [0.717, 1.165) is 0 Å². The fourth-order valence-corrected chi connectivity index (χ4v) is 0. The highest BCUT2D eigenvalue weighted by molar-refractivity contribution is 6.29. The summed E-state index contributed by atoms with van der Waals surface area (Å²) in [6.45, 7) is 8.47. The normalized spacial score (nSPS) is 6.75. The highest BCUT2D eigenvalue weighted by atomic mass is 28.2. The van der Waals surface area contributed by atoms with Crippen LogP contribution in [0.4, 0.5) is 0 Å². The van der Waals surface area contributed by atoms with Crippen LogP contribution in [-0.4, -0.2) is 45.1 Å². The molecule has 16 heavy (non-hydrogen) atoms. The van der Waals surface area contributed by atoms with Gasteiger partial charge in [-0.3, -0.25) is 0 Å². The third-order valence-corrected chi connectivity index (χ3v) is 2.96. The number of nitrogens with zero attached hydrogens (tertiary/aromatic N) is 1. The van der Waals surface area contributed by atoms with Gasteiger partial charge in [-0.1, -0.05) is 64.1 Å². The van der Waals surface area contributed by atoms with Crippen molar-refractivity contribution in [1.29, 1.82) is 0 Å². The van der Waals surface area contributed by atoms with Crippen LogP contribution < -0.4 is 4.98 Å². The molecular formula is C12H46N2Si2. The van der Waals surface area contributed by atoms with Gasteiger partial charge in [0.1, 0.15) is 0 Å². The molecule has 1 N–H and O–H groups in total. The van der Waals surface area contributed by atoms with Crippen molar-refractivity contribution in [2.45, 2.75) is 64.1 Å². The summed E-state index contributed by atoms with van der Waals surface area (Å²) < 4.78 is 2.26. The molecule has 0 atom stereocenters. The van der Waals surface area contributed by atoms with Crippen LogP contribution in [0.15, 0.2) is 0 Å². The maximum Gasteiger partial charge on any atom is 0.0913 e. The van der Waals surface area contributed by atoms with Crippen molar-refractivity contribution < 1.29 is 0 Å². The summed E-state index contributed by atoms with van der Waals surface area (Å²) in [5, 5.41) is 0. The summed E-state index contributed by atoms with van der Waals surface area (Å²) in [5.41, 5.74) is 0. The lowest BCUT2D eigenvalue weighted by Crippen LogP contribution is -2.12. The van der Waals surface area contributed by atoms with Crippen LogP contribution >= 0.6 is 0 Å². The predicted octanol–water partition coefficient (Wildman–Crippen LogP) is 3.22. The molecule has 0 aliphatic rings. The number of nitrogens with one attached hydrogen (secondary N) is 1. The Morgan fingerprint density at radius 3 is 0.938 bits per heavy atom. The third kappa shape index (κ3) is 228. The Kier molecular flexibility index (Phi) is 271. The van der Waals surface area contributed by atoms with Crippen molar-refractivity contribution in [3.05, 3.63) is 0 Å². The van der Waals surface area contributed by atoms with E-state index in [-0.39, 0.29) is 56.5 Å². The van der Waals surface area contributed by atoms with Gasteiger partial charge in [-0.05, 0) is 21.1 Å². The van der Waals surface area contributed by atoms with E-state index >= 15 is 0 Å². The summed E-state index contributed by atoms with van der Waals surface area (Å²) >= 11 is 0. The lowest BCUT2D eigenvalue weighted by molar-refractivity contribution is 0.665. The molecule has 0 spiro atoms. The average molecular weight is 275 g/mol. The minimum Gasteiger partial charge on any atom is -0.345 e. The Morgan fingerprint density at radius 1 is 0.812 bits per heavy atom. The van der Waals surface area contributed by atoms with E-state index < -0.39 is 0 Å². The zero-order chi connectivity index (χ0) is 9.70. The van der Waals surface area contributed by atoms with E-state index in [1.807, 2.05) is 20.9 Å². The lowest BCUT2D eigenvalue weighted by atomic mass is 11.0. The van der Waals surface area contributed by atoms with Crippen LogP contribution in [0.5, 0.6) is 0 Å². The van der Waals surface area contributed by atoms with E-state index in [0.29, 0.717) is 0 Å². The van der Waals surface area contributed by atoms with Crippen LogP contribution in [0, 0.1) is 0 Å². The first-order valence-electron chi connectivity index (χ1n) is 4.48. The molecule has 0 fully saturated rings. The molecule has 0 rings (SSSR count). The number of hydrogen-bond donors (Lipinski definition) is 1. The molecule has 4 heteroatoms. The first kappa shape index (κ1) is 55.2. The molecule has 112 valence electrons. The van der Waals surface area contributed by atoms with Crippen LogP contribution in [0.2, 0.25) is 13.1 Å². The number of rotatable bonds is 2. The summed E-state index contributed by atoms with van der Waals surface area (Å²) in [6, 6.07) is 0. The largest absolute Gasteiger partial charge is 0.345 e. The summed E-state index contributed by atoms with van der Waals surface area (Å²) in [6.07, 6.45) is 0. The molecule has 0 amide bonds. The maximum absolute atomic E-state index is 3.07. The Bertz CT molecular complexity index is 44.0. The second kappa shape index (κ2) is 78.4. The molecule has 0 aromatic heterocycles. The van der Waals surface area contributed by atoms with E-state index in [2.05, 4.69) is 36.7 Å². The lowest BCUT2D eigenvalue weighted by Gasteiger charge is -1.99. The maximum atomic E-state index is 3.07. The van der Waals surface area contributed by atoms with Gasteiger partial charge in [0.2, 0.25) is 0 Å². The Balaban J connectivity index is -0.00000000913. The number of hydrogen-bond acceptors (Lipinski definition) is 2. The van der Waals surface area contributed by atoms with Gasteiger partial charge in [0.15, 0.2) is 0 Å². The molecule has 0 aliphatic heterocycles. The van der Waals surface area contributed by atoms with Gasteiger partial charge in [0.25, 0.3) is 0 Å². The SMILES string of the molecule is C.C.C.C.C.CC.CN[SiH2]C.C[SiH2]N(C)C. The first-order chi connectivity index (χ1) is 5.18. The molecule has 2 nitrogen and oxygen atoms in total. The third-order valence-electron chi connectivity index (χ3n) is 0.986. The highest BCUT2D eigenvalue weighted by Gasteiger charge is 1.73. The zero-order valence-electron chi connectivity index (χ0n) is 9.36. The van der Waals surface area contributed by atoms with Gasteiger partial charge in [0.05, 0.1) is 19.4 Å². The molecule has 0 bridgehead atoms. The minimum atomic E-state index is 0. The van der Waals surface area contributed by atoms with Crippen LogP contribution in [0.3, 0.4) is 0 Å². The van der Waals surface area contributed by atoms with Crippen LogP contribution in [0.25, 0.3) is 0 Å². The van der Waals surface area contributed by atoms with Crippen LogP contribution in [0.1, 0.15) is 51.0 Å². The van der Waals surface area contributed by atoms with Gasteiger partial charge < -0.3 is 9.55 Å². The van der Waals surface area contributed by atoms with Crippen molar-refractivity contribution in [2.75, 3.05) is 21.1 Å². The van der Waals surface area contributed by atoms with Gasteiger partial charge in [-0.25, -0.2) is 0 Å². The standard InChI is InChI=1S/C3H11NSi.C2H9NSi.C2H6.5CH4/c1-4(2)5-3;1-3-4-2;1-2;;;;;/h5H2,1-3H3;3H,4H2,1-2H3;1-2H3;5*1H4. The van der Waals surface area contributed by atoms with Crippen molar-refractivity contribution in [3.63, 3.8) is 0 Å². The van der Waals surface area contributed by atoms with Gasteiger partial charge in [-0.15, -0.1) is 0 Å². The van der Waals surface area contributed by atoms with E-state index in [4.69, 9.17) is 0 Å². The monoisotopic (exact) mass is 274 g/mol. The topological polar surface area (TPSA) is 15.3 Å². The van der Waals surface area contributed by atoms with Gasteiger partial charge in [0, 0.05) is 0 Å². The molecule has 0 aliphatic carbocycles. The Morgan fingerprint density at radius 2 is 0.938 bits per heavy atom. The minimum absolute atomic E-state index is 0. The summed E-state index contributed by atoms with van der Waals surface area (Å²) in [4.78, 5) is 3.07. The second-order valence-electron chi connectivity index (χ2n) is 2.10. The first-order valence-corrected chi connectivity index (χ1v) is 8.65. The summed E-state index contributed by atoms with van der Waals surface area (Å²) in [5.74, 6) is 0. The smallest absolute Gasteiger partial charge is 0.0913 e. The van der Waals surface area contributed by atoms with Crippen molar-refractivity contribution in [3.8, 4) is 0 Å². The van der Waals surface area contributed by atoms with E-state index in [9.17, 15) is 0 Å². The van der Waals surface area contributed by atoms with E-state index in [1.54, 1.807) is 0 Å². The quantitative estimate of drug-likeness (QED) is 0.778. The Labute approximate surface area is 114 Å². The van der Waals surface area contributed by atoms with Crippen LogP contribution in [-0.2, 0) is 0 Å². The molecule has 0 aromatic carbocycles. The summed E-state index contributed by atoms with van der Waals surface area (Å²) in [7, 11) is 6.58. The van der Waals surface area contributed by atoms with Crippen molar-refractivity contribution in [1.82, 2.24) is 9.55 Å². The molecule has 0 heterocycles. The van der Waals surface area contributed by atoms with Gasteiger partial charge >= 0.3 is 0 Å². The fourth-order valence-electron chi connectivity index (χ4n) is 0. The predicted molar refractivity (Wildman–Crippen MR) is 96.6 cm³/mol. The molecular weight excluding hydrogens is 228 g/mol. The van der Waals surface area contributed by atoms with Crippen molar-refractivity contribution >= 4 is 19.4 Å². The molecule has 0 saturated carbocycles. The zero-order valence-corrected chi connectivity index (χ0v) is 12.2. The fraction of sp³-hybridized carbons (Fsp3) is 1.00. The van der Waals surface area contributed by atoms with E-state index in [1.165, 1.54) is 0 Å². The Hall–Kier alpha value is 0.354.